The summed E-state index contributed by atoms with van der Waals surface area (Å²) < 4.78 is 35.3. The molecule has 0 bridgehead atoms. The van der Waals surface area contributed by atoms with Crippen LogP contribution in [0, 0.1) is 13.1 Å². The van der Waals surface area contributed by atoms with Crippen LogP contribution in [0.1, 0.15) is 12.2 Å². The number of hydrogen-bond acceptors (Lipinski definition) is 3. The Kier molecular flexibility index (Phi) is 3.27. The molecule has 0 atom stereocenters. The largest absolute Gasteiger partial charge is 0.390 e. The van der Waals surface area contributed by atoms with Crippen LogP contribution in [0.15, 0.2) is 6.07 Å². The molecule has 0 unspecified atom stereocenters. The summed E-state index contributed by atoms with van der Waals surface area (Å²) in [5.41, 5.74) is 0. The first-order chi connectivity index (χ1) is 6.47. The van der Waals surface area contributed by atoms with E-state index in [1.54, 1.807) is 6.92 Å². The van der Waals surface area contributed by atoms with Crippen LogP contribution in [0.2, 0.25) is 0 Å². The van der Waals surface area contributed by atoms with Crippen LogP contribution in [0.3, 0.4) is 0 Å². The third-order valence-electron chi connectivity index (χ3n) is 1.42. The van der Waals surface area contributed by atoms with Crippen molar-refractivity contribution in [1.29, 1.82) is 0 Å². The molecule has 0 aliphatic rings. The second-order valence-electron chi connectivity index (χ2n) is 2.72. The van der Waals surface area contributed by atoms with Crippen molar-refractivity contribution in [2.45, 2.75) is 19.5 Å². The Morgan fingerprint density at radius 1 is 1.50 bits per heavy atom. The molecule has 0 amide bonds. The van der Waals surface area contributed by atoms with Crippen LogP contribution in [0.5, 0.6) is 0 Å². The molecule has 77 valence electrons. The Labute approximate surface area is 79.4 Å². The van der Waals surface area contributed by atoms with Gasteiger partial charge >= 0.3 is 6.18 Å². The summed E-state index contributed by atoms with van der Waals surface area (Å²) in [5, 5.41) is 2.54. The topological polar surface area (TPSA) is 37.8 Å². The quantitative estimate of drug-likeness (QED) is 0.817. The van der Waals surface area contributed by atoms with Gasteiger partial charge in [-0.1, -0.05) is 0 Å². The molecular formula is C8H9F3N3. The standard InChI is InChI=1S/C8H9F3N3/c1-6-12-4-2-7(14-6)13-5-3-8(9,10)11/h2H,3,5H2,1H3,(H,12,13,14). The van der Waals surface area contributed by atoms with Crippen LogP contribution >= 0.6 is 0 Å². The van der Waals surface area contributed by atoms with Crippen molar-refractivity contribution in [3.8, 4) is 0 Å². The minimum atomic E-state index is -4.14. The smallest absolute Gasteiger partial charge is 0.370 e. The van der Waals surface area contributed by atoms with Crippen molar-refractivity contribution in [2.24, 2.45) is 0 Å². The van der Waals surface area contributed by atoms with Gasteiger partial charge in [-0.2, -0.15) is 13.2 Å². The zero-order chi connectivity index (χ0) is 10.6. The molecule has 1 aromatic rings. The van der Waals surface area contributed by atoms with Gasteiger partial charge in [-0.15, -0.1) is 0 Å². The molecule has 6 heteroatoms. The summed E-state index contributed by atoms with van der Waals surface area (Å²) >= 11 is 0. The Morgan fingerprint density at radius 2 is 2.21 bits per heavy atom. The van der Waals surface area contributed by atoms with Gasteiger partial charge in [0.15, 0.2) is 0 Å². The highest BCUT2D eigenvalue weighted by Gasteiger charge is 2.26. The number of halogens is 3. The first kappa shape index (κ1) is 10.7. The van der Waals surface area contributed by atoms with E-state index in [1.165, 1.54) is 6.07 Å². The predicted octanol–water partition coefficient (Wildman–Crippen LogP) is 1.95. The number of nitrogens with zero attached hydrogens (tertiary/aromatic N) is 2. The lowest BCUT2D eigenvalue weighted by atomic mass is 10.4. The lowest BCUT2D eigenvalue weighted by Crippen LogP contribution is -2.15. The van der Waals surface area contributed by atoms with Gasteiger partial charge in [-0.05, 0) is 6.92 Å². The fourth-order valence-corrected chi connectivity index (χ4v) is 0.841. The highest BCUT2D eigenvalue weighted by Crippen LogP contribution is 2.18. The highest BCUT2D eigenvalue weighted by atomic mass is 19.4. The van der Waals surface area contributed by atoms with E-state index < -0.39 is 12.6 Å². The minimum Gasteiger partial charge on any atom is -0.370 e. The maximum atomic E-state index is 11.8. The monoisotopic (exact) mass is 204 g/mol. The summed E-state index contributed by atoms with van der Waals surface area (Å²) in [6.07, 6.45) is -2.50. The summed E-state index contributed by atoms with van der Waals surface area (Å²) in [6, 6.07) is 1.41. The van der Waals surface area contributed by atoms with E-state index in [2.05, 4.69) is 21.5 Å². The van der Waals surface area contributed by atoms with Gasteiger partial charge in [0.1, 0.15) is 11.6 Å². The van der Waals surface area contributed by atoms with Crippen LogP contribution in [0.25, 0.3) is 0 Å². The molecule has 0 aliphatic carbocycles. The van der Waals surface area contributed by atoms with Gasteiger partial charge in [0.2, 0.25) is 0 Å². The normalized spacial score (nSPS) is 11.4. The summed E-state index contributed by atoms with van der Waals surface area (Å²) in [7, 11) is 0. The molecule has 0 aliphatic heterocycles. The first-order valence-corrected chi connectivity index (χ1v) is 4.00. The fourth-order valence-electron chi connectivity index (χ4n) is 0.841. The second-order valence-corrected chi connectivity index (χ2v) is 2.72. The van der Waals surface area contributed by atoms with Crippen LogP contribution in [-0.2, 0) is 0 Å². The molecule has 1 radical (unpaired) electrons. The zero-order valence-electron chi connectivity index (χ0n) is 7.52. The number of nitrogens with one attached hydrogen (secondary N) is 1. The zero-order valence-corrected chi connectivity index (χ0v) is 7.52. The molecule has 14 heavy (non-hydrogen) atoms. The van der Waals surface area contributed by atoms with Gasteiger partial charge in [-0.3, -0.25) is 0 Å². The van der Waals surface area contributed by atoms with E-state index >= 15 is 0 Å². The van der Waals surface area contributed by atoms with Crippen molar-refractivity contribution >= 4 is 5.82 Å². The summed E-state index contributed by atoms with van der Waals surface area (Å²) in [4.78, 5) is 7.57. The Bertz CT molecular complexity index is 298. The van der Waals surface area contributed by atoms with Gasteiger partial charge in [0.25, 0.3) is 0 Å². The van der Waals surface area contributed by atoms with Crippen molar-refractivity contribution in [3.63, 3.8) is 0 Å². The molecule has 3 nitrogen and oxygen atoms in total. The molecule has 0 saturated carbocycles. The lowest BCUT2D eigenvalue weighted by molar-refractivity contribution is -0.131. The van der Waals surface area contributed by atoms with Gasteiger partial charge < -0.3 is 5.32 Å². The van der Waals surface area contributed by atoms with Gasteiger partial charge in [0.05, 0.1) is 12.6 Å². The van der Waals surface area contributed by atoms with Gasteiger partial charge in [0, 0.05) is 12.6 Å². The van der Waals surface area contributed by atoms with Crippen LogP contribution < -0.4 is 5.32 Å². The Hall–Kier alpha value is -1.33. The third kappa shape index (κ3) is 4.06. The van der Waals surface area contributed by atoms with E-state index in [0.29, 0.717) is 11.6 Å². The molecule has 1 aromatic heterocycles. The van der Waals surface area contributed by atoms with E-state index in [9.17, 15) is 13.2 Å². The third-order valence-corrected chi connectivity index (χ3v) is 1.42. The van der Waals surface area contributed by atoms with E-state index in [-0.39, 0.29) is 6.54 Å². The Balaban J connectivity index is 2.39. The number of rotatable bonds is 3. The average molecular weight is 204 g/mol. The molecule has 0 spiro atoms. The van der Waals surface area contributed by atoms with E-state index in [4.69, 9.17) is 0 Å². The molecule has 1 heterocycles. The lowest BCUT2D eigenvalue weighted by Gasteiger charge is -2.07. The molecule has 1 rings (SSSR count). The molecule has 1 N–H and O–H groups in total. The number of alkyl halides is 3. The number of hydrogen-bond donors (Lipinski definition) is 1. The minimum absolute atomic E-state index is 0.187. The van der Waals surface area contributed by atoms with Crippen molar-refractivity contribution < 1.29 is 13.2 Å². The number of aromatic nitrogens is 2. The van der Waals surface area contributed by atoms with Crippen molar-refractivity contribution in [3.05, 3.63) is 18.1 Å². The number of anilines is 1. The van der Waals surface area contributed by atoms with Crippen LogP contribution in [0.4, 0.5) is 19.0 Å². The fraction of sp³-hybridized carbons (Fsp3) is 0.500. The maximum absolute atomic E-state index is 11.8. The first-order valence-electron chi connectivity index (χ1n) is 4.00. The number of aryl methyl sites for hydroxylation is 1. The molecule has 0 fully saturated rings. The summed E-state index contributed by atoms with van der Waals surface area (Å²) in [6.45, 7) is 1.46. The molecular weight excluding hydrogens is 195 g/mol. The predicted molar refractivity (Wildman–Crippen MR) is 44.8 cm³/mol. The molecule has 0 saturated heterocycles. The van der Waals surface area contributed by atoms with Gasteiger partial charge in [-0.25, -0.2) is 9.97 Å². The van der Waals surface area contributed by atoms with E-state index in [1.807, 2.05) is 0 Å². The summed E-state index contributed by atoms with van der Waals surface area (Å²) in [5.74, 6) is 0.837. The van der Waals surface area contributed by atoms with Crippen LogP contribution in [-0.4, -0.2) is 22.7 Å². The Morgan fingerprint density at radius 3 is 2.79 bits per heavy atom. The SMILES string of the molecule is Cc1n[c]cc(NCCC(F)(F)F)n1. The maximum Gasteiger partial charge on any atom is 0.390 e. The van der Waals surface area contributed by atoms with E-state index in [0.717, 1.165) is 0 Å². The average Bonchev–Trinajstić information content (AvgIpc) is 2.01. The van der Waals surface area contributed by atoms with Crippen molar-refractivity contribution in [2.75, 3.05) is 11.9 Å². The van der Waals surface area contributed by atoms with Crippen molar-refractivity contribution in [1.82, 2.24) is 9.97 Å². The molecule has 0 aromatic carbocycles. The highest BCUT2D eigenvalue weighted by molar-refractivity contribution is 5.31. The second kappa shape index (κ2) is 4.26.